The van der Waals surface area contributed by atoms with E-state index in [1.807, 2.05) is 7.11 Å². The summed E-state index contributed by atoms with van der Waals surface area (Å²) in [5, 5.41) is 0. The highest BCUT2D eigenvalue weighted by atomic mass is 16.5. The molecule has 4 fully saturated rings. The van der Waals surface area contributed by atoms with Gasteiger partial charge in [0.25, 0.3) is 0 Å². The molecule has 0 aromatic rings. The predicted molar refractivity (Wildman–Crippen MR) is 89.8 cm³/mol. The zero-order chi connectivity index (χ0) is 14.4. The van der Waals surface area contributed by atoms with Crippen molar-refractivity contribution in [1.29, 1.82) is 0 Å². The highest BCUT2D eigenvalue weighted by molar-refractivity contribution is 6.90. The fraction of sp³-hybridized carbons (Fsp3) is 0.842. The third-order valence-corrected chi connectivity index (χ3v) is 8.21. The Hall–Kier alpha value is -0.615. The zero-order valence-corrected chi connectivity index (χ0v) is 13.7. The molecule has 4 aliphatic rings. The molecule has 2 aliphatic heterocycles. The van der Waals surface area contributed by atoms with Crippen LogP contribution >= 0.6 is 0 Å². The lowest BCUT2D eigenvalue weighted by molar-refractivity contribution is 0.292. The molecule has 0 spiro atoms. The van der Waals surface area contributed by atoms with Crippen molar-refractivity contribution in [1.82, 2.24) is 0 Å². The first kappa shape index (κ1) is 14.0. The van der Waals surface area contributed by atoms with Crippen LogP contribution in [0.2, 0.25) is 17.5 Å². The molecule has 2 aliphatic carbocycles. The van der Waals surface area contributed by atoms with Crippen LogP contribution in [-0.2, 0) is 4.74 Å². The number of methoxy groups -OCH3 is 1. The minimum absolute atomic E-state index is 0.529. The van der Waals surface area contributed by atoms with Crippen LogP contribution < -0.4 is 0 Å². The van der Waals surface area contributed by atoms with Gasteiger partial charge in [0.15, 0.2) is 0 Å². The molecule has 1 nitrogen and oxygen atoms in total. The van der Waals surface area contributed by atoms with E-state index in [0.29, 0.717) is 0 Å². The van der Waals surface area contributed by atoms with Gasteiger partial charge in [-0.05, 0) is 11.6 Å². The Morgan fingerprint density at radius 3 is 2.10 bits per heavy atom. The summed E-state index contributed by atoms with van der Waals surface area (Å²) in [5.41, 5.74) is 4.51. The summed E-state index contributed by atoms with van der Waals surface area (Å²) in [4.78, 5) is 0. The van der Waals surface area contributed by atoms with E-state index in [1.165, 1.54) is 69.9 Å². The van der Waals surface area contributed by atoms with Gasteiger partial charge in [-0.3, -0.25) is 0 Å². The SMILES string of the molecule is C=C=C(OC)[B-]1([C@H]2C[C@@H]3CC[C@H]2C3)C2CCCC1CCC2. The molecule has 2 saturated carbocycles. The van der Waals surface area contributed by atoms with Gasteiger partial charge in [-0.15, -0.1) is 5.73 Å². The summed E-state index contributed by atoms with van der Waals surface area (Å²) in [6, 6.07) is 0. The van der Waals surface area contributed by atoms with E-state index in [1.54, 1.807) is 0 Å². The summed E-state index contributed by atoms with van der Waals surface area (Å²) in [7, 11) is 1.88. The molecule has 0 aromatic heterocycles. The Bertz CT molecular complexity index is 442. The smallest absolute Gasteiger partial charge is 0.0866 e. The van der Waals surface area contributed by atoms with Crippen molar-refractivity contribution in [3.63, 3.8) is 0 Å². The summed E-state index contributed by atoms with van der Waals surface area (Å²) in [6.45, 7) is 4.04. The lowest BCUT2D eigenvalue weighted by Crippen LogP contribution is -2.56. The van der Waals surface area contributed by atoms with E-state index in [0.717, 1.165) is 29.3 Å². The van der Waals surface area contributed by atoms with E-state index in [9.17, 15) is 0 Å². The van der Waals surface area contributed by atoms with Crippen LogP contribution in [0.4, 0.5) is 0 Å². The molecule has 2 saturated heterocycles. The van der Waals surface area contributed by atoms with Crippen molar-refractivity contribution < 1.29 is 4.74 Å². The van der Waals surface area contributed by atoms with Crippen molar-refractivity contribution >= 4 is 6.15 Å². The van der Waals surface area contributed by atoms with Crippen LogP contribution in [0.1, 0.15) is 64.2 Å². The molecule has 21 heavy (non-hydrogen) atoms. The molecule has 2 heteroatoms. The molecule has 4 bridgehead atoms. The number of hydrogen-bond acceptors (Lipinski definition) is 1. The van der Waals surface area contributed by atoms with Crippen molar-refractivity contribution in [3.05, 3.63) is 18.0 Å². The summed E-state index contributed by atoms with van der Waals surface area (Å²) < 4.78 is 5.97. The average Bonchev–Trinajstić information content (AvgIpc) is 3.10. The zero-order valence-electron chi connectivity index (χ0n) is 13.7. The topological polar surface area (TPSA) is 9.23 Å². The maximum Gasteiger partial charge on any atom is 0.0866 e. The van der Waals surface area contributed by atoms with Gasteiger partial charge in [0, 0.05) is 0 Å². The summed E-state index contributed by atoms with van der Waals surface area (Å²) in [5.74, 6) is 4.78. The van der Waals surface area contributed by atoms with Crippen LogP contribution in [0.25, 0.3) is 0 Å². The first-order chi connectivity index (χ1) is 10.3. The van der Waals surface area contributed by atoms with E-state index < -0.39 is 6.15 Å². The van der Waals surface area contributed by atoms with Crippen LogP contribution in [0.5, 0.6) is 0 Å². The number of hydrogen-bond donors (Lipinski definition) is 0. The van der Waals surface area contributed by atoms with E-state index in [4.69, 9.17) is 4.74 Å². The Morgan fingerprint density at radius 1 is 1.00 bits per heavy atom. The van der Waals surface area contributed by atoms with Crippen molar-refractivity contribution in [3.8, 4) is 0 Å². The largest absolute Gasteiger partial charge is 0.535 e. The summed E-state index contributed by atoms with van der Waals surface area (Å²) >= 11 is 0. The monoisotopic (exact) mass is 285 g/mol. The van der Waals surface area contributed by atoms with E-state index >= 15 is 0 Å². The Labute approximate surface area is 130 Å². The first-order valence-electron chi connectivity index (χ1n) is 9.42. The molecule has 0 aromatic carbocycles. The standard InChI is InChI=1S/C19H30BO/c1-3-19(21-2)20(18-13-14-10-11-15(18)12-14)16-6-4-7-17(20)9-5-8-16/h14-18H,1,4-13H2,2H3/q-1/t14-,15+,16?,17?,18+,20?/m1/s1. The van der Waals surface area contributed by atoms with Crippen LogP contribution in [0.15, 0.2) is 18.0 Å². The number of fused-ring (bicyclic) bond motifs is 4. The second-order valence-corrected chi connectivity index (χ2v) is 8.54. The third kappa shape index (κ3) is 1.84. The van der Waals surface area contributed by atoms with Gasteiger partial charge >= 0.3 is 0 Å². The quantitative estimate of drug-likeness (QED) is 0.373. The lowest BCUT2D eigenvalue weighted by Gasteiger charge is -2.63. The van der Waals surface area contributed by atoms with Crippen molar-refractivity contribution in [2.45, 2.75) is 81.7 Å². The molecular formula is C19H30BO-. The van der Waals surface area contributed by atoms with Crippen molar-refractivity contribution in [2.24, 2.45) is 11.8 Å². The van der Waals surface area contributed by atoms with E-state index in [-0.39, 0.29) is 0 Å². The normalized spacial score (nSPS) is 48.0. The highest BCUT2D eigenvalue weighted by Gasteiger charge is 2.56. The lowest BCUT2D eigenvalue weighted by atomic mass is 9.03. The third-order valence-electron chi connectivity index (χ3n) is 8.21. The fourth-order valence-electron chi connectivity index (χ4n) is 7.81. The van der Waals surface area contributed by atoms with Gasteiger partial charge in [-0.1, -0.05) is 76.7 Å². The molecule has 3 atom stereocenters. The fourth-order valence-corrected chi connectivity index (χ4v) is 7.81. The maximum absolute atomic E-state index is 5.97. The van der Waals surface area contributed by atoms with Gasteiger partial charge < -0.3 is 4.74 Å². The molecular weight excluding hydrogens is 255 g/mol. The molecule has 0 amide bonds. The Balaban J connectivity index is 1.80. The second-order valence-electron chi connectivity index (χ2n) is 8.54. The van der Waals surface area contributed by atoms with Crippen LogP contribution in [0, 0.1) is 11.8 Å². The van der Waals surface area contributed by atoms with Gasteiger partial charge in [0.05, 0.1) is 13.3 Å². The Kier molecular flexibility index (Phi) is 3.49. The number of ether oxygens (including phenoxy) is 1. The highest BCUT2D eigenvalue weighted by Crippen LogP contribution is 2.67. The van der Waals surface area contributed by atoms with Gasteiger partial charge in [-0.2, -0.15) is 17.5 Å². The first-order valence-corrected chi connectivity index (χ1v) is 9.42. The average molecular weight is 285 g/mol. The molecule has 2 heterocycles. The number of rotatable bonds is 3. The summed E-state index contributed by atoms with van der Waals surface area (Å²) in [6.07, 6.45) is 14.2. The van der Waals surface area contributed by atoms with Crippen LogP contribution in [-0.4, -0.2) is 13.3 Å². The van der Waals surface area contributed by atoms with E-state index in [2.05, 4.69) is 12.3 Å². The minimum atomic E-state index is -0.529. The minimum Gasteiger partial charge on any atom is -0.535 e. The molecule has 116 valence electrons. The maximum atomic E-state index is 5.97. The molecule has 0 radical (unpaired) electrons. The van der Waals surface area contributed by atoms with Gasteiger partial charge in [0.2, 0.25) is 0 Å². The van der Waals surface area contributed by atoms with Gasteiger partial charge in [0.1, 0.15) is 0 Å². The second kappa shape index (κ2) is 5.23. The predicted octanol–water partition coefficient (Wildman–Crippen LogP) is 5.59. The van der Waals surface area contributed by atoms with Crippen molar-refractivity contribution in [2.75, 3.05) is 7.11 Å². The van der Waals surface area contributed by atoms with Crippen LogP contribution in [0.3, 0.4) is 0 Å². The Morgan fingerprint density at radius 2 is 1.67 bits per heavy atom. The molecule has 0 unspecified atom stereocenters. The molecule has 0 N–H and O–H groups in total. The van der Waals surface area contributed by atoms with Gasteiger partial charge in [-0.25, -0.2) is 0 Å². The molecule has 4 rings (SSSR count).